The first-order valence-corrected chi connectivity index (χ1v) is 8.94. The lowest BCUT2D eigenvalue weighted by Crippen LogP contribution is -2.40. The molecular weight excluding hydrogens is 286 g/mol. The number of nitrogens with one attached hydrogen (secondary N) is 2. The summed E-state index contributed by atoms with van der Waals surface area (Å²) in [4.78, 5) is 4.72. The van der Waals surface area contributed by atoms with Crippen molar-refractivity contribution in [3.8, 4) is 0 Å². The van der Waals surface area contributed by atoms with Crippen LogP contribution in [0.2, 0.25) is 0 Å². The third-order valence-corrected chi connectivity index (χ3v) is 4.04. The minimum atomic E-state index is 0.254. The highest BCUT2D eigenvalue weighted by Gasteiger charge is 2.08. The number of aliphatic imine (C=N–C) groups is 1. The maximum Gasteiger partial charge on any atom is 0.191 e. The quantitative estimate of drug-likeness (QED) is 0.459. The monoisotopic (exact) mass is 319 g/mol. The third kappa shape index (κ3) is 7.51. The highest BCUT2D eigenvalue weighted by molar-refractivity contribution is 5.79. The Hall–Kier alpha value is -1.55. The maximum atomic E-state index is 9.17. The number of aliphatic hydroxyl groups excluding tert-OH is 1. The molecule has 23 heavy (non-hydrogen) atoms. The van der Waals surface area contributed by atoms with Gasteiger partial charge in [-0.15, -0.1) is 0 Å². The second-order valence-corrected chi connectivity index (χ2v) is 5.87. The van der Waals surface area contributed by atoms with Gasteiger partial charge in [-0.3, -0.25) is 0 Å². The van der Waals surface area contributed by atoms with Gasteiger partial charge in [0.15, 0.2) is 5.96 Å². The van der Waals surface area contributed by atoms with Gasteiger partial charge in [-0.25, -0.2) is 4.99 Å². The molecule has 0 amide bonds. The zero-order valence-electron chi connectivity index (χ0n) is 14.9. The van der Waals surface area contributed by atoms with Crippen LogP contribution in [0.5, 0.6) is 0 Å². The van der Waals surface area contributed by atoms with Crippen LogP contribution in [0.25, 0.3) is 0 Å². The summed E-state index contributed by atoms with van der Waals surface area (Å²) in [5.41, 5.74) is 2.64. The highest BCUT2D eigenvalue weighted by atomic mass is 16.3. The molecule has 0 aliphatic rings. The number of rotatable bonds is 10. The Labute approximate surface area is 141 Å². The lowest BCUT2D eigenvalue weighted by atomic mass is 10.0. The van der Waals surface area contributed by atoms with E-state index >= 15 is 0 Å². The van der Waals surface area contributed by atoms with E-state index in [2.05, 4.69) is 55.7 Å². The first-order chi connectivity index (χ1) is 11.2. The molecule has 0 fully saturated rings. The van der Waals surface area contributed by atoms with Crippen molar-refractivity contribution in [2.75, 3.05) is 19.7 Å². The summed E-state index contributed by atoms with van der Waals surface area (Å²) in [5.74, 6) is 1.36. The second-order valence-electron chi connectivity index (χ2n) is 5.87. The molecule has 130 valence electrons. The molecule has 0 saturated carbocycles. The van der Waals surface area contributed by atoms with Gasteiger partial charge in [0.25, 0.3) is 0 Å². The van der Waals surface area contributed by atoms with Crippen molar-refractivity contribution in [1.29, 1.82) is 0 Å². The van der Waals surface area contributed by atoms with Crippen LogP contribution >= 0.6 is 0 Å². The Morgan fingerprint density at radius 1 is 1.09 bits per heavy atom. The van der Waals surface area contributed by atoms with E-state index in [4.69, 9.17) is 10.1 Å². The molecule has 0 bridgehead atoms. The summed E-state index contributed by atoms with van der Waals surface area (Å²) in [6.07, 6.45) is 4.15. The van der Waals surface area contributed by atoms with E-state index in [0.717, 1.165) is 44.7 Å². The topological polar surface area (TPSA) is 56.6 Å². The van der Waals surface area contributed by atoms with Gasteiger partial charge in [-0.2, -0.15) is 0 Å². The zero-order chi connectivity index (χ0) is 16.9. The summed E-state index contributed by atoms with van der Waals surface area (Å²) in [7, 11) is 0. The molecule has 0 radical (unpaired) electrons. The molecule has 1 rings (SSSR count). The molecule has 0 aromatic heterocycles. The van der Waals surface area contributed by atoms with E-state index in [0.29, 0.717) is 12.5 Å². The van der Waals surface area contributed by atoms with Crippen LogP contribution in [0, 0.1) is 5.92 Å². The van der Waals surface area contributed by atoms with Gasteiger partial charge in [-0.05, 0) is 43.2 Å². The predicted molar refractivity (Wildman–Crippen MR) is 98.7 cm³/mol. The Morgan fingerprint density at radius 2 is 1.83 bits per heavy atom. The van der Waals surface area contributed by atoms with Gasteiger partial charge >= 0.3 is 0 Å². The summed E-state index contributed by atoms with van der Waals surface area (Å²) >= 11 is 0. The van der Waals surface area contributed by atoms with Crippen LogP contribution in [-0.2, 0) is 13.0 Å². The van der Waals surface area contributed by atoms with Crippen LogP contribution < -0.4 is 10.6 Å². The molecule has 0 saturated heterocycles. The number of hydrogen-bond donors (Lipinski definition) is 3. The fraction of sp³-hybridized carbons (Fsp3) is 0.632. The van der Waals surface area contributed by atoms with Crippen LogP contribution in [0.15, 0.2) is 29.3 Å². The second kappa shape index (κ2) is 11.9. The smallest absolute Gasteiger partial charge is 0.191 e. The molecule has 1 atom stereocenters. The largest absolute Gasteiger partial charge is 0.396 e. The third-order valence-electron chi connectivity index (χ3n) is 4.04. The minimum Gasteiger partial charge on any atom is -0.396 e. The van der Waals surface area contributed by atoms with Gasteiger partial charge in [0.2, 0.25) is 0 Å². The Balaban J connectivity index is 2.65. The molecule has 1 aromatic rings. The number of hydrogen-bond acceptors (Lipinski definition) is 2. The molecule has 0 aliphatic carbocycles. The highest BCUT2D eigenvalue weighted by Crippen LogP contribution is 2.11. The SMILES string of the molecule is CCCC(CCO)CNC(=NCc1ccccc1CC)NCC. The van der Waals surface area contributed by atoms with Gasteiger partial charge in [0.05, 0.1) is 6.54 Å². The molecule has 3 N–H and O–H groups in total. The van der Waals surface area contributed by atoms with E-state index in [1.165, 1.54) is 11.1 Å². The molecular formula is C19H33N3O. The van der Waals surface area contributed by atoms with Crippen molar-refractivity contribution < 1.29 is 5.11 Å². The predicted octanol–water partition coefficient (Wildman–Crippen LogP) is 3.10. The molecule has 0 aliphatic heterocycles. The molecule has 1 aromatic carbocycles. The molecule has 4 heteroatoms. The first-order valence-electron chi connectivity index (χ1n) is 8.94. The van der Waals surface area contributed by atoms with Crippen molar-refractivity contribution in [1.82, 2.24) is 10.6 Å². The number of nitrogens with zero attached hydrogens (tertiary/aromatic N) is 1. The molecule has 0 spiro atoms. The van der Waals surface area contributed by atoms with Crippen LogP contribution in [-0.4, -0.2) is 30.8 Å². The van der Waals surface area contributed by atoms with Gasteiger partial charge < -0.3 is 15.7 Å². The van der Waals surface area contributed by atoms with Crippen molar-refractivity contribution in [2.24, 2.45) is 10.9 Å². The van der Waals surface area contributed by atoms with Crippen molar-refractivity contribution in [2.45, 2.75) is 53.0 Å². The Bertz CT molecular complexity index is 454. The minimum absolute atomic E-state index is 0.254. The lowest BCUT2D eigenvalue weighted by molar-refractivity contribution is 0.251. The summed E-state index contributed by atoms with van der Waals surface area (Å²) in [6.45, 7) is 9.09. The van der Waals surface area contributed by atoms with E-state index in [1.807, 2.05) is 0 Å². The number of benzene rings is 1. The average Bonchev–Trinajstić information content (AvgIpc) is 2.57. The van der Waals surface area contributed by atoms with Crippen molar-refractivity contribution >= 4 is 5.96 Å². The number of aliphatic hydroxyl groups is 1. The Kier molecular flexibility index (Phi) is 10.1. The summed E-state index contributed by atoms with van der Waals surface area (Å²) in [6, 6.07) is 8.48. The van der Waals surface area contributed by atoms with Crippen LogP contribution in [0.3, 0.4) is 0 Å². The first kappa shape index (κ1) is 19.5. The van der Waals surface area contributed by atoms with E-state index in [9.17, 15) is 0 Å². The molecule has 1 unspecified atom stereocenters. The fourth-order valence-corrected chi connectivity index (χ4v) is 2.74. The van der Waals surface area contributed by atoms with Gasteiger partial charge in [-0.1, -0.05) is 44.5 Å². The van der Waals surface area contributed by atoms with Crippen molar-refractivity contribution in [3.05, 3.63) is 35.4 Å². The van der Waals surface area contributed by atoms with Crippen molar-refractivity contribution in [3.63, 3.8) is 0 Å². The number of aryl methyl sites for hydroxylation is 1. The molecule has 4 nitrogen and oxygen atoms in total. The Morgan fingerprint density at radius 3 is 2.43 bits per heavy atom. The maximum absolute atomic E-state index is 9.17. The zero-order valence-corrected chi connectivity index (χ0v) is 14.9. The van der Waals surface area contributed by atoms with E-state index in [1.54, 1.807) is 0 Å². The normalized spacial score (nSPS) is 13.0. The number of guanidine groups is 1. The van der Waals surface area contributed by atoms with E-state index in [-0.39, 0.29) is 6.61 Å². The standard InChI is InChI=1S/C19H33N3O/c1-4-9-16(12-13-23)14-21-19(20-6-3)22-15-18-11-8-7-10-17(18)5-2/h7-8,10-11,16,23H,4-6,9,12-15H2,1-3H3,(H2,20,21,22). The van der Waals surface area contributed by atoms with E-state index < -0.39 is 0 Å². The summed E-state index contributed by atoms with van der Waals surface area (Å²) < 4.78 is 0. The molecule has 0 heterocycles. The van der Waals surface area contributed by atoms with Gasteiger partial charge in [0, 0.05) is 19.7 Å². The van der Waals surface area contributed by atoms with Crippen LogP contribution in [0.1, 0.15) is 51.2 Å². The van der Waals surface area contributed by atoms with Gasteiger partial charge in [0.1, 0.15) is 0 Å². The average molecular weight is 319 g/mol. The summed E-state index contributed by atoms with van der Waals surface area (Å²) in [5, 5.41) is 15.9. The fourth-order valence-electron chi connectivity index (χ4n) is 2.74. The lowest BCUT2D eigenvalue weighted by Gasteiger charge is -2.18. The van der Waals surface area contributed by atoms with Crippen LogP contribution in [0.4, 0.5) is 0 Å².